The Hall–Kier alpha value is -1.35. The highest BCUT2D eigenvalue weighted by atomic mass is 16.2. The van der Waals surface area contributed by atoms with Crippen LogP contribution in [0.25, 0.3) is 0 Å². The van der Waals surface area contributed by atoms with E-state index in [1.165, 1.54) is 0 Å². The fourth-order valence-corrected chi connectivity index (χ4v) is 1.63. The predicted octanol–water partition coefficient (Wildman–Crippen LogP) is 1.53. The monoisotopic (exact) mass is 218 g/mol. The summed E-state index contributed by atoms with van der Waals surface area (Å²) in [6.07, 6.45) is 2.09. The van der Waals surface area contributed by atoms with Gasteiger partial charge in [0.2, 0.25) is 5.91 Å². The van der Waals surface area contributed by atoms with E-state index >= 15 is 0 Å². The highest BCUT2D eigenvalue weighted by Crippen LogP contribution is 2.35. The lowest BCUT2D eigenvalue weighted by molar-refractivity contribution is -0.127. The number of benzene rings is 1. The van der Waals surface area contributed by atoms with Crippen molar-refractivity contribution in [2.24, 2.45) is 5.73 Å². The highest BCUT2D eigenvalue weighted by Gasteiger charge is 2.42. The summed E-state index contributed by atoms with van der Waals surface area (Å²) in [4.78, 5) is 12.1. The number of rotatable bonds is 3. The van der Waals surface area contributed by atoms with Crippen LogP contribution in [-0.2, 0) is 10.3 Å². The number of carbonyl (C=O) groups is 1. The van der Waals surface area contributed by atoms with Crippen LogP contribution >= 0.6 is 0 Å². The largest absolute Gasteiger partial charge is 0.349 e. The van der Waals surface area contributed by atoms with Gasteiger partial charge in [-0.05, 0) is 32.3 Å². The standard InChI is InChI=1S/C13H18N2O/c1-12(8-9-12)15-11(16)13(2,14)10-6-4-3-5-7-10/h3-7H,8-9,14H2,1-2H3,(H,15,16). The van der Waals surface area contributed by atoms with Gasteiger partial charge in [-0.2, -0.15) is 0 Å². The Morgan fingerprint density at radius 3 is 2.44 bits per heavy atom. The van der Waals surface area contributed by atoms with Gasteiger partial charge in [0.1, 0.15) is 5.54 Å². The molecule has 0 saturated heterocycles. The minimum atomic E-state index is -0.952. The van der Waals surface area contributed by atoms with Crippen LogP contribution in [0.5, 0.6) is 0 Å². The lowest BCUT2D eigenvalue weighted by atomic mass is 9.92. The van der Waals surface area contributed by atoms with Gasteiger partial charge in [-0.25, -0.2) is 0 Å². The molecule has 2 rings (SSSR count). The first kappa shape index (κ1) is 11.1. The average Bonchev–Trinajstić information content (AvgIpc) is 2.97. The van der Waals surface area contributed by atoms with E-state index in [9.17, 15) is 4.79 Å². The maximum absolute atomic E-state index is 12.1. The van der Waals surface area contributed by atoms with Crippen LogP contribution < -0.4 is 11.1 Å². The highest BCUT2D eigenvalue weighted by molar-refractivity contribution is 5.87. The third kappa shape index (κ3) is 2.09. The third-order valence-corrected chi connectivity index (χ3v) is 3.26. The molecule has 1 aromatic carbocycles. The summed E-state index contributed by atoms with van der Waals surface area (Å²) in [5, 5.41) is 3.01. The zero-order chi connectivity index (χ0) is 11.8. The van der Waals surface area contributed by atoms with Crippen molar-refractivity contribution in [3.8, 4) is 0 Å². The van der Waals surface area contributed by atoms with Gasteiger partial charge in [0.25, 0.3) is 0 Å². The van der Waals surface area contributed by atoms with Crippen LogP contribution in [-0.4, -0.2) is 11.4 Å². The Labute approximate surface area is 96.0 Å². The summed E-state index contributed by atoms with van der Waals surface area (Å²) in [6.45, 7) is 3.80. The fraction of sp³-hybridized carbons (Fsp3) is 0.462. The zero-order valence-electron chi connectivity index (χ0n) is 9.79. The fourth-order valence-electron chi connectivity index (χ4n) is 1.63. The first-order valence-corrected chi connectivity index (χ1v) is 5.61. The molecule has 0 heterocycles. The van der Waals surface area contributed by atoms with Gasteiger partial charge < -0.3 is 11.1 Å². The van der Waals surface area contributed by atoms with Crippen molar-refractivity contribution >= 4 is 5.91 Å². The Kier molecular flexibility index (Phi) is 2.50. The van der Waals surface area contributed by atoms with Gasteiger partial charge in [-0.3, -0.25) is 4.79 Å². The first-order chi connectivity index (χ1) is 7.44. The molecule has 1 unspecified atom stereocenters. The maximum Gasteiger partial charge on any atom is 0.244 e. The minimum Gasteiger partial charge on any atom is -0.349 e. The van der Waals surface area contributed by atoms with Crippen molar-refractivity contribution in [3.63, 3.8) is 0 Å². The van der Waals surface area contributed by atoms with Crippen molar-refractivity contribution in [2.75, 3.05) is 0 Å². The molecule has 1 amide bonds. The van der Waals surface area contributed by atoms with E-state index in [1.54, 1.807) is 6.92 Å². The van der Waals surface area contributed by atoms with Crippen molar-refractivity contribution in [1.29, 1.82) is 0 Å². The second kappa shape index (κ2) is 3.59. The first-order valence-electron chi connectivity index (χ1n) is 5.61. The Morgan fingerprint density at radius 1 is 1.38 bits per heavy atom. The predicted molar refractivity (Wildman–Crippen MR) is 63.8 cm³/mol. The number of hydrogen-bond donors (Lipinski definition) is 2. The molecule has 1 aliphatic carbocycles. The zero-order valence-corrected chi connectivity index (χ0v) is 9.79. The molecule has 1 aromatic rings. The minimum absolute atomic E-state index is 0.0213. The van der Waals surface area contributed by atoms with Gasteiger partial charge in [0.05, 0.1) is 0 Å². The molecule has 3 nitrogen and oxygen atoms in total. The summed E-state index contributed by atoms with van der Waals surface area (Å²) < 4.78 is 0. The number of hydrogen-bond acceptors (Lipinski definition) is 2. The van der Waals surface area contributed by atoms with Crippen LogP contribution in [0.3, 0.4) is 0 Å². The second-order valence-corrected chi connectivity index (χ2v) is 5.08. The number of nitrogens with one attached hydrogen (secondary N) is 1. The molecule has 86 valence electrons. The van der Waals surface area contributed by atoms with Gasteiger partial charge in [0.15, 0.2) is 0 Å². The van der Waals surface area contributed by atoms with Crippen molar-refractivity contribution in [1.82, 2.24) is 5.32 Å². The second-order valence-electron chi connectivity index (χ2n) is 5.08. The number of carbonyl (C=O) groups excluding carboxylic acids is 1. The Balaban J connectivity index is 2.15. The quantitative estimate of drug-likeness (QED) is 0.808. The van der Waals surface area contributed by atoms with E-state index in [4.69, 9.17) is 5.73 Å². The van der Waals surface area contributed by atoms with Crippen molar-refractivity contribution in [2.45, 2.75) is 37.8 Å². The molecule has 16 heavy (non-hydrogen) atoms. The lowest BCUT2D eigenvalue weighted by Crippen LogP contribution is -2.52. The summed E-state index contributed by atoms with van der Waals surface area (Å²) in [7, 11) is 0. The molecular formula is C13H18N2O. The summed E-state index contributed by atoms with van der Waals surface area (Å²) in [5.74, 6) is -0.0984. The molecular weight excluding hydrogens is 200 g/mol. The average molecular weight is 218 g/mol. The normalized spacial score (nSPS) is 20.9. The van der Waals surface area contributed by atoms with Crippen LogP contribution in [0.4, 0.5) is 0 Å². The van der Waals surface area contributed by atoms with E-state index in [0.717, 1.165) is 18.4 Å². The van der Waals surface area contributed by atoms with E-state index in [2.05, 4.69) is 5.32 Å². The van der Waals surface area contributed by atoms with Crippen LogP contribution in [0.15, 0.2) is 30.3 Å². The maximum atomic E-state index is 12.1. The molecule has 1 atom stereocenters. The van der Waals surface area contributed by atoms with Gasteiger partial charge >= 0.3 is 0 Å². The van der Waals surface area contributed by atoms with Crippen molar-refractivity contribution < 1.29 is 4.79 Å². The number of amides is 1. The van der Waals surface area contributed by atoms with Crippen LogP contribution in [0.1, 0.15) is 32.3 Å². The third-order valence-electron chi connectivity index (χ3n) is 3.26. The van der Waals surface area contributed by atoms with E-state index < -0.39 is 5.54 Å². The molecule has 0 aliphatic heterocycles. The van der Waals surface area contributed by atoms with Crippen LogP contribution in [0.2, 0.25) is 0 Å². The molecule has 0 radical (unpaired) electrons. The molecule has 1 saturated carbocycles. The molecule has 0 spiro atoms. The smallest absolute Gasteiger partial charge is 0.244 e. The van der Waals surface area contributed by atoms with Gasteiger partial charge in [-0.1, -0.05) is 30.3 Å². The van der Waals surface area contributed by atoms with E-state index in [1.807, 2.05) is 37.3 Å². The van der Waals surface area contributed by atoms with Crippen molar-refractivity contribution in [3.05, 3.63) is 35.9 Å². The van der Waals surface area contributed by atoms with Gasteiger partial charge in [0, 0.05) is 5.54 Å². The van der Waals surface area contributed by atoms with Gasteiger partial charge in [-0.15, -0.1) is 0 Å². The van der Waals surface area contributed by atoms with E-state index in [0.29, 0.717) is 0 Å². The van der Waals surface area contributed by atoms with E-state index in [-0.39, 0.29) is 11.4 Å². The summed E-state index contributed by atoms with van der Waals surface area (Å²) in [5.41, 5.74) is 5.98. The van der Waals surface area contributed by atoms with Crippen LogP contribution in [0, 0.1) is 0 Å². The topological polar surface area (TPSA) is 55.1 Å². The molecule has 1 aliphatic rings. The summed E-state index contributed by atoms with van der Waals surface area (Å²) in [6, 6.07) is 9.47. The summed E-state index contributed by atoms with van der Waals surface area (Å²) >= 11 is 0. The SMILES string of the molecule is CC1(NC(=O)C(C)(N)c2ccccc2)CC1. The molecule has 3 heteroatoms. The Bertz CT molecular complexity index is 394. The molecule has 3 N–H and O–H groups in total. The number of nitrogens with two attached hydrogens (primary N) is 1. The lowest BCUT2D eigenvalue weighted by Gasteiger charge is -2.26. The molecule has 0 bridgehead atoms. The molecule has 0 aromatic heterocycles. The molecule has 1 fully saturated rings. The Morgan fingerprint density at radius 2 is 1.94 bits per heavy atom.